The van der Waals surface area contributed by atoms with E-state index in [0.717, 1.165) is 24.4 Å². The van der Waals surface area contributed by atoms with Crippen LogP contribution in [0.25, 0.3) is 0 Å². The monoisotopic (exact) mass is 292 g/mol. The molecule has 0 heterocycles. The summed E-state index contributed by atoms with van der Waals surface area (Å²) in [6, 6.07) is 6.93. The summed E-state index contributed by atoms with van der Waals surface area (Å²) in [4.78, 5) is 10.4. The third kappa shape index (κ3) is 6.60. The molecule has 1 nitrogen and oxygen atoms in total. The molecule has 1 unspecified atom stereocenters. The largest absolute Gasteiger partial charge is 0.303 e. The molecule has 0 saturated heterocycles. The van der Waals surface area contributed by atoms with Crippen LogP contribution >= 0.6 is 11.8 Å². The van der Waals surface area contributed by atoms with Gasteiger partial charge in [-0.1, -0.05) is 39.0 Å². The summed E-state index contributed by atoms with van der Waals surface area (Å²) in [7, 11) is 0. The molecule has 0 N–H and O–H groups in total. The summed E-state index contributed by atoms with van der Waals surface area (Å²) in [5.41, 5.74) is 4.35. The minimum atomic E-state index is 0.460. The first kappa shape index (κ1) is 17.3. The normalized spacial score (nSPS) is 12.7. The molecule has 0 aromatic heterocycles. The first-order chi connectivity index (χ1) is 9.52. The Bertz CT molecular complexity index is 412. The molecule has 1 aromatic rings. The van der Waals surface area contributed by atoms with Crippen LogP contribution in [-0.4, -0.2) is 17.3 Å². The van der Waals surface area contributed by atoms with Gasteiger partial charge in [0.1, 0.15) is 6.29 Å². The zero-order valence-corrected chi connectivity index (χ0v) is 14.1. The average molecular weight is 292 g/mol. The van der Waals surface area contributed by atoms with Crippen molar-refractivity contribution in [1.29, 1.82) is 0 Å². The van der Waals surface area contributed by atoms with Crippen molar-refractivity contribution in [3.05, 3.63) is 34.9 Å². The molecule has 112 valence electrons. The SMILES string of the molecule is Cc1cc(CC(C)C)ccc1CCCSC(C)CC=O. The number of rotatable bonds is 9. The summed E-state index contributed by atoms with van der Waals surface area (Å²) >= 11 is 1.91. The lowest BCUT2D eigenvalue weighted by molar-refractivity contribution is -0.107. The highest BCUT2D eigenvalue weighted by Crippen LogP contribution is 2.19. The standard InChI is InChI=1S/C18H28OS/c1-14(2)12-17-7-8-18(15(3)13-17)6-5-11-20-16(4)9-10-19/h7-8,10,13-14,16H,5-6,9,11-12H2,1-4H3. The Hall–Kier alpha value is -0.760. The molecular formula is C18H28OS. The fraction of sp³-hybridized carbons (Fsp3) is 0.611. The number of hydrogen-bond donors (Lipinski definition) is 0. The predicted octanol–water partition coefficient (Wildman–Crippen LogP) is 4.84. The number of hydrogen-bond acceptors (Lipinski definition) is 2. The Morgan fingerprint density at radius 1 is 1.25 bits per heavy atom. The zero-order chi connectivity index (χ0) is 15.0. The van der Waals surface area contributed by atoms with Gasteiger partial charge in [-0.15, -0.1) is 0 Å². The van der Waals surface area contributed by atoms with Crippen molar-refractivity contribution < 1.29 is 4.79 Å². The molecule has 0 bridgehead atoms. The Balaban J connectivity index is 2.39. The molecule has 20 heavy (non-hydrogen) atoms. The van der Waals surface area contributed by atoms with Gasteiger partial charge < -0.3 is 4.79 Å². The topological polar surface area (TPSA) is 17.1 Å². The predicted molar refractivity (Wildman–Crippen MR) is 90.6 cm³/mol. The second-order valence-electron chi connectivity index (χ2n) is 6.05. The summed E-state index contributed by atoms with van der Waals surface area (Å²) in [6.07, 6.45) is 5.20. The highest BCUT2D eigenvalue weighted by atomic mass is 32.2. The van der Waals surface area contributed by atoms with Gasteiger partial charge in [0.2, 0.25) is 0 Å². The third-order valence-corrected chi connectivity index (χ3v) is 4.76. The molecule has 2 heteroatoms. The van der Waals surface area contributed by atoms with Crippen LogP contribution < -0.4 is 0 Å². The molecule has 1 rings (SSSR count). The summed E-state index contributed by atoms with van der Waals surface area (Å²) < 4.78 is 0. The van der Waals surface area contributed by atoms with Crippen LogP contribution in [0.4, 0.5) is 0 Å². The van der Waals surface area contributed by atoms with Gasteiger partial charge in [0, 0.05) is 11.7 Å². The van der Waals surface area contributed by atoms with Crippen molar-refractivity contribution >= 4 is 18.0 Å². The van der Waals surface area contributed by atoms with E-state index in [9.17, 15) is 4.79 Å². The van der Waals surface area contributed by atoms with Crippen LogP contribution in [-0.2, 0) is 17.6 Å². The zero-order valence-electron chi connectivity index (χ0n) is 13.3. The van der Waals surface area contributed by atoms with Gasteiger partial charge in [-0.2, -0.15) is 11.8 Å². The van der Waals surface area contributed by atoms with Crippen LogP contribution in [0.15, 0.2) is 18.2 Å². The summed E-state index contributed by atoms with van der Waals surface area (Å²) in [5, 5.41) is 0.460. The van der Waals surface area contributed by atoms with Crippen LogP contribution in [0, 0.1) is 12.8 Å². The molecule has 0 amide bonds. The minimum absolute atomic E-state index is 0.460. The van der Waals surface area contributed by atoms with Gasteiger partial charge in [-0.05, 0) is 54.5 Å². The quantitative estimate of drug-likeness (QED) is 0.478. The molecule has 1 aromatic carbocycles. The maximum Gasteiger partial charge on any atom is 0.121 e. The Morgan fingerprint density at radius 2 is 2.00 bits per heavy atom. The van der Waals surface area contributed by atoms with Gasteiger partial charge in [0.15, 0.2) is 0 Å². The fourth-order valence-corrected chi connectivity index (χ4v) is 3.32. The summed E-state index contributed by atoms with van der Waals surface area (Å²) in [5.74, 6) is 1.86. The summed E-state index contributed by atoms with van der Waals surface area (Å²) in [6.45, 7) is 8.88. The third-order valence-electron chi connectivity index (χ3n) is 3.47. The van der Waals surface area contributed by atoms with Gasteiger partial charge in [-0.3, -0.25) is 0 Å². The van der Waals surface area contributed by atoms with E-state index in [4.69, 9.17) is 0 Å². The molecule has 0 fully saturated rings. The molecule has 0 aliphatic carbocycles. The highest BCUT2D eigenvalue weighted by molar-refractivity contribution is 7.99. The maximum absolute atomic E-state index is 10.4. The van der Waals surface area contributed by atoms with Crippen molar-refractivity contribution in [3.8, 4) is 0 Å². The van der Waals surface area contributed by atoms with E-state index in [1.807, 2.05) is 11.8 Å². The van der Waals surface area contributed by atoms with Crippen LogP contribution in [0.3, 0.4) is 0 Å². The van der Waals surface area contributed by atoms with E-state index in [1.165, 1.54) is 29.5 Å². The van der Waals surface area contributed by atoms with Crippen LogP contribution in [0.5, 0.6) is 0 Å². The molecule has 0 radical (unpaired) electrons. The van der Waals surface area contributed by atoms with Gasteiger partial charge in [0.25, 0.3) is 0 Å². The number of carbonyl (C=O) groups is 1. The van der Waals surface area contributed by atoms with E-state index in [-0.39, 0.29) is 0 Å². The van der Waals surface area contributed by atoms with Crippen molar-refractivity contribution in [1.82, 2.24) is 0 Å². The molecule has 0 aliphatic rings. The minimum Gasteiger partial charge on any atom is -0.303 e. The van der Waals surface area contributed by atoms with Crippen molar-refractivity contribution in [3.63, 3.8) is 0 Å². The van der Waals surface area contributed by atoms with E-state index < -0.39 is 0 Å². The van der Waals surface area contributed by atoms with Gasteiger partial charge in [-0.25, -0.2) is 0 Å². The number of benzene rings is 1. The second-order valence-corrected chi connectivity index (χ2v) is 7.59. The Labute approximate surface area is 128 Å². The Kier molecular flexibility index (Phi) is 7.98. The van der Waals surface area contributed by atoms with E-state index >= 15 is 0 Å². The Morgan fingerprint density at radius 3 is 2.60 bits per heavy atom. The highest BCUT2D eigenvalue weighted by Gasteiger charge is 2.04. The average Bonchev–Trinajstić information content (AvgIpc) is 2.36. The van der Waals surface area contributed by atoms with E-state index in [1.54, 1.807) is 0 Å². The molecule has 0 aliphatic heterocycles. The number of thioether (sulfide) groups is 1. The molecule has 1 atom stereocenters. The van der Waals surface area contributed by atoms with E-state index in [0.29, 0.717) is 11.7 Å². The lowest BCUT2D eigenvalue weighted by atomic mass is 9.97. The first-order valence-electron chi connectivity index (χ1n) is 7.66. The maximum atomic E-state index is 10.4. The lowest BCUT2D eigenvalue weighted by Gasteiger charge is -2.11. The van der Waals surface area contributed by atoms with Gasteiger partial charge in [0.05, 0.1) is 0 Å². The van der Waals surface area contributed by atoms with Crippen molar-refractivity contribution in [2.45, 2.75) is 58.6 Å². The molecular weight excluding hydrogens is 264 g/mol. The molecule has 0 spiro atoms. The van der Waals surface area contributed by atoms with Crippen LogP contribution in [0.2, 0.25) is 0 Å². The first-order valence-corrected chi connectivity index (χ1v) is 8.71. The number of carbonyl (C=O) groups excluding carboxylic acids is 1. The number of aldehydes is 1. The fourth-order valence-electron chi connectivity index (χ4n) is 2.39. The van der Waals surface area contributed by atoms with E-state index in [2.05, 4.69) is 45.9 Å². The second kappa shape index (κ2) is 9.23. The smallest absolute Gasteiger partial charge is 0.121 e. The molecule has 0 saturated carbocycles. The lowest BCUT2D eigenvalue weighted by Crippen LogP contribution is -2.00. The van der Waals surface area contributed by atoms with Crippen molar-refractivity contribution in [2.75, 3.05) is 5.75 Å². The van der Waals surface area contributed by atoms with Crippen LogP contribution in [0.1, 0.15) is 50.3 Å². The van der Waals surface area contributed by atoms with Gasteiger partial charge >= 0.3 is 0 Å². The number of aryl methyl sites for hydroxylation is 2. The van der Waals surface area contributed by atoms with Crippen molar-refractivity contribution in [2.24, 2.45) is 5.92 Å².